The molecule has 14 heteroatoms. The molecule has 0 spiro atoms. The Morgan fingerprint density at radius 2 is 1.36 bits per heavy atom. The van der Waals surface area contributed by atoms with Crippen LogP contribution in [0.2, 0.25) is 0 Å². The first-order chi connectivity index (χ1) is 18.6. The van der Waals surface area contributed by atoms with Gasteiger partial charge < -0.3 is 35.1 Å². The van der Waals surface area contributed by atoms with Crippen LogP contribution in [-0.4, -0.2) is 64.7 Å². The Morgan fingerprint density at radius 3 is 1.82 bits per heavy atom. The normalized spacial score (nSPS) is 18.4. The molecule has 3 aromatic carbocycles. The molecule has 0 aliphatic carbocycles. The molecule has 11 nitrogen and oxygen atoms in total. The van der Waals surface area contributed by atoms with Gasteiger partial charge in [0.1, 0.15) is 12.4 Å². The fourth-order valence-electron chi connectivity index (χ4n) is 4.31. The van der Waals surface area contributed by atoms with E-state index in [2.05, 4.69) is 0 Å². The number of aldehydes is 1. The quantitative estimate of drug-likeness (QED) is 0.119. The van der Waals surface area contributed by atoms with Gasteiger partial charge in [-0.15, -0.1) is 0 Å². The Balaban J connectivity index is 0.000000164. The van der Waals surface area contributed by atoms with Gasteiger partial charge in [-0.1, -0.05) is 72.8 Å². The van der Waals surface area contributed by atoms with Crippen molar-refractivity contribution in [3.05, 3.63) is 99.6 Å². The summed E-state index contributed by atoms with van der Waals surface area (Å²) in [6, 6.07) is 20.0. The fourth-order valence-corrected chi connectivity index (χ4v) is 4.31. The second-order valence-corrected chi connectivity index (χ2v) is 9.08. The zero-order chi connectivity index (χ0) is 28.7. The zero-order valence-electron chi connectivity index (χ0n) is 21.4. The summed E-state index contributed by atoms with van der Waals surface area (Å²) in [5.41, 5.74) is 9.45. The highest BCUT2D eigenvalue weighted by Gasteiger charge is 2.42. The van der Waals surface area contributed by atoms with Gasteiger partial charge in [0.15, 0.2) is 0 Å². The Bertz CT molecular complexity index is 1280. The number of carbonyl (C=O) groups excluding carboxylic acids is 1. The third kappa shape index (κ3) is 7.19. The standard InChI is InChI=1S/C9H10BNO4.C9H12BNO2.C7H7BO3/c1-6(11(13)14)9-7-4-2-3-5-8(7)10(12)15-9;1-6(11)9-7-4-2-3-5-8(7)10(12)13-9;9-5-6-3-1-2-4-7(6)8(10)11/h2-6,9,12H,1H3;2-6,9,12H,11H2,1H3;1-5,10-11H. The average molecular weight is 534 g/mol. The molecule has 3 aromatic rings. The van der Waals surface area contributed by atoms with Crippen molar-refractivity contribution in [3.63, 3.8) is 0 Å². The minimum atomic E-state index is -1.57. The first kappa shape index (κ1) is 30.2. The molecular weight excluding hydrogens is 505 g/mol. The summed E-state index contributed by atoms with van der Waals surface area (Å²) in [6.45, 7) is 3.35. The summed E-state index contributed by atoms with van der Waals surface area (Å²) in [7, 11) is -3.43. The summed E-state index contributed by atoms with van der Waals surface area (Å²) < 4.78 is 10.5. The molecule has 2 aliphatic heterocycles. The molecule has 4 unspecified atom stereocenters. The van der Waals surface area contributed by atoms with Crippen LogP contribution in [-0.2, 0) is 9.31 Å². The highest BCUT2D eigenvalue weighted by molar-refractivity contribution is 6.62. The number of hydrogen-bond acceptors (Lipinski definition) is 10. The molecule has 2 heterocycles. The van der Waals surface area contributed by atoms with Crippen molar-refractivity contribution in [1.29, 1.82) is 0 Å². The molecule has 0 fully saturated rings. The smallest absolute Gasteiger partial charge is 0.423 e. The number of nitrogens with two attached hydrogens (primary N) is 1. The van der Waals surface area contributed by atoms with Crippen molar-refractivity contribution in [3.8, 4) is 0 Å². The van der Waals surface area contributed by atoms with Crippen LogP contribution in [0.1, 0.15) is 47.5 Å². The predicted molar refractivity (Wildman–Crippen MR) is 148 cm³/mol. The van der Waals surface area contributed by atoms with Gasteiger partial charge in [0.05, 0.1) is 6.10 Å². The van der Waals surface area contributed by atoms with E-state index in [4.69, 9.17) is 25.1 Å². The minimum absolute atomic E-state index is 0.0988. The maximum Gasteiger partial charge on any atom is 0.492 e. The summed E-state index contributed by atoms with van der Waals surface area (Å²) in [5, 5.41) is 47.2. The van der Waals surface area contributed by atoms with Crippen molar-refractivity contribution in [2.45, 2.75) is 38.1 Å². The van der Waals surface area contributed by atoms with Gasteiger partial charge in [-0.05, 0) is 34.4 Å². The van der Waals surface area contributed by atoms with Gasteiger partial charge in [-0.25, -0.2) is 0 Å². The molecule has 0 aromatic heterocycles. The van der Waals surface area contributed by atoms with Gasteiger partial charge in [-0.2, -0.15) is 0 Å². The van der Waals surface area contributed by atoms with Crippen LogP contribution in [0.25, 0.3) is 0 Å². The van der Waals surface area contributed by atoms with Crippen LogP contribution in [0.4, 0.5) is 0 Å². The van der Waals surface area contributed by atoms with Crippen LogP contribution in [0.5, 0.6) is 0 Å². The number of hydrogen-bond donors (Lipinski definition) is 5. The maximum absolute atomic E-state index is 10.6. The predicted octanol–water partition coefficient (Wildman–Crippen LogP) is -0.918. The van der Waals surface area contributed by atoms with E-state index in [-0.39, 0.29) is 17.6 Å². The molecule has 0 radical (unpaired) electrons. The van der Waals surface area contributed by atoms with Crippen LogP contribution in [0.3, 0.4) is 0 Å². The first-order valence-corrected chi connectivity index (χ1v) is 12.2. The summed E-state index contributed by atoms with van der Waals surface area (Å²) in [5.74, 6) is 0. The molecule has 202 valence electrons. The zero-order valence-corrected chi connectivity index (χ0v) is 21.4. The highest BCUT2D eigenvalue weighted by Crippen LogP contribution is 2.27. The number of carbonyl (C=O) groups is 1. The SMILES string of the molecule is CC(C1OB(O)c2ccccc21)[N+](=O)[O-].CC(N)C1OB(O)c2ccccc21.O=Cc1ccccc1B(O)O. The van der Waals surface area contributed by atoms with Crippen LogP contribution < -0.4 is 22.1 Å². The average Bonchev–Trinajstić information content (AvgIpc) is 3.46. The largest absolute Gasteiger partial charge is 0.492 e. The number of benzene rings is 3. The minimum Gasteiger partial charge on any atom is -0.423 e. The van der Waals surface area contributed by atoms with E-state index in [1.165, 1.54) is 19.1 Å². The topological polar surface area (TPSA) is 186 Å². The molecule has 6 N–H and O–H groups in total. The second kappa shape index (κ2) is 13.6. The van der Waals surface area contributed by atoms with E-state index >= 15 is 0 Å². The maximum atomic E-state index is 10.6. The van der Waals surface area contributed by atoms with Gasteiger partial charge in [-0.3, -0.25) is 14.9 Å². The van der Waals surface area contributed by atoms with E-state index in [1.807, 2.05) is 31.2 Å². The fraction of sp³-hybridized carbons (Fsp3) is 0.240. The van der Waals surface area contributed by atoms with Crippen LogP contribution in [0, 0.1) is 10.1 Å². The molecule has 0 saturated carbocycles. The van der Waals surface area contributed by atoms with E-state index < -0.39 is 38.4 Å². The molecule has 39 heavy (non-hydrogen) atoms. The van der Waals surface area contributed by atoms with E-state index in [0.29, 0.717) is 22.9 Å². The van der Waals surface area contributed by atoms with E-state index in [0.717, 1.165) is 11.0 Å². The molecule has 0 amide bonds. The Morgan fingerprint density at radius 1 is 0.897 bits per heavy atom. The van der Waals surface area contributed by atoms with E-state index in [1.54, 1.807) is 36.4 Å². The lowest BCUT2D eigenvalue weighted by Crippen LogP contribution is -2.32. The van der Waals surface area contributed by atoms with Gasteiger partial charge in [0, 0.05) is 23.5 Å². The van der Waals surface area contributed by atoms with Crippen molar-refractivity contribution < 1.29 is 39.1 Å². The van der Waals surface area contributed by atoms with Gasteiger partial charge in [0.2, 0.25) is 6.04 Å². The van der Waals surface area contributed by atoms with Crippen molar-refractivity contribution in [1.82, 2.24) is 0 Å². The summed E-state index contributed by atoms with van der Waals surface area (Å²) in [4.78, 5) is 20.6. The van der Waals surface area contributed by atoms with E-state index in [9.17, 15) is 25.0 Å². The lowest BCUT2D eigenvalue weighted by atomic mass is 9.77. The lowest BCUT2D eigenvalue weighted by Gasteiger charge is -2.15. The van der Waals surface area contributed by atoms with Crippen LogP contribution >= 0.6 is 0 Å². The monoisotopic (exact) mass is 534 g/mol. The van der Waals surface area contributed by atoms with Crippen molar-refractivity contribution in [2.24, 2.45) is 5.73 Å². The molecule has 4 atom stereocenters. The lowest BCUT2D eigenvalue weighted by molar-refractivity contribution is -0.529. The van der Waals surface area contributed by atoms with Gasteiger partial charge in [0.25, 0.3) is 0 Å². The molecule has 0 bridgehead atoms. The summed E-state index contributed by atoms with van der Waals surface area (Å²) in [6.07, 6.45) is -0.244. The van der Waals surface area contributed by atoms with Gasteiger partial charge >= 0.3 is 21.4 Å². The van der Waals surface area contributed by atoms with Crippen molar-refractivity contribution >= 4 is 44.0 Å². The Kier molecular flexibility index (Phi) is 10.5. The first-order valence-electron chi connectivity index (χ1n) is 12.2. The molecule has 5 rings (SSSR count). The molecular formula is C25H29B3N2O9. The molecule has 2 aliphatic rings. The third-order valence-electron chi connectivity index (χ3n) is 6.34. The number of nitrogens with zero attached hydrogens (tertiary/aromatic N) is 1. The molecule has 0 saturated heterocycles. The Hall–Kier alpha value is -3.36. The second-order valence-electron chi connectivity index (χ2n) is 9.08. The number of fused-ring (bicyclic) bond motifs is 2. The van der Waals surface area contributed by atoms with Crippen molar-refractivity contribution in [2.75, 3.05) is 0 Å². The number of rotatable bonds is 5. The third-order valence-corrected chi connectivity index (χ3v) is 6.34. The Labute approximate surface area is 226 Å². The number of nitro groups is 1. The summed E-state index contributed by atoms with van der Waals surface area (Å²) >= 11 is 0. The highest BCUT2D eigenvalue weighted by atomic mass is 16.6. The van der Waals surface area contributed by atoms with Crippen LogP contribution in [0.15, 0.2) is 72.8 Å².